The molecule has 1 aliphatic rings. The van der Waals surface area contributed by atoms with Gasteiger partial charge in [-0.05, 0) is 39.5 Å². The third-order valence-electron chi connectivity index (χ3n) is 3.08. The number of carbonyl (C=O) groups is 2. The molecule has 98 valence electrons. The van der Waals surface area contributed by atoms with Gasteiger partial charge in [-0.2, -0.15) is 0 Å². The number of nitrogens with zero attached hydrogens (tertiary/aromatic N) is 1. The molecule has 0 bridgehead atoms. The Bertz CT molecular complexity index is 308. The Morgan fingerprint density at radius 1 is 1.53 bits per heavy atom. The Labute approximate surface area is 103 Å². The Hall–Kier alpha value is -1.06. The average Bonchev–Trinajstić information content (AvgIpc) is 2.39. The summed E-state index contributed by atoms with van der Waals surface area (Å²) in [5, 5.41) is 0. The number of likely N-dealkylation sites (tertiary alicyclic amines) is 1. The van der Waals surface area contributed by atoms with Crippen molar-refractivity contribution in [3.8, 4) is 0 Å². The van der Waals surface area contributed by atoms with E-state index in [4.69, 9.17) is 4.74 Å². The summed E-state index contributed by atoms with van der Waals surface area (Å²) in [5.74, 6) is 0. The largest absolute Gasteiger partial charge is 0.444 e. The molecule has 1 fully saturated rings. The highest BCUT2D eigenvalue weighted by Gasteiger charge is 2.41. The van der Waals surface area contributed by atoms with Gasteiger partial charge < -0.3 is 14.4 Å². The van der Waals surface area contributed by atoms with Gasteiger partial charge in [-0.3, -0.25) is 0 Å². The summed E-state index contributed by atoms with van der Waals surface area (Å²) in [4.78, 5) is 24.4. The number of ether oxygens (including phenoxy) is 1. The molecule has 1 rings (SSSR count). The minimum Gasteiger partial charge on any atom is -0.444 e. The van der Waals surface area contributed by atoms with Crippen LogP contribution in [0.3, 0.4) is 0 Å². The first-order chi connectivity index (χ1) is 7.67. The predicted molar refractivity (Wildman–Crippen MR) is 65.8 cm³/mol. The Morgan fingerprint density at radius 2 is 2.12 bits per heavy atom. The maximum Gasteiger partial charge on any atom is 0.410 e. The van der Waals surface area contributed by atoms with Gasteiger partial charge in [-0.1, -0.05) is 6.92 Å². The molecule has 2 unspecified atom stereocenters. The van der Waals surface area contributed by atoms with Crippen molar-refractivity contribution in [3.63, 3.8) is 0 Å². The van der Waals surface area contributed by atoms with Crippen LogP contribution in [0.25, 0.3) is 0 Å². The molecule has 1 heterocycles. The van der Waals surface area contributed by atoms with E-state index in [9.17, 15) is 9.59 Å². The molecule has 1 amide bonds. The maximum absolute atomic E-state index is 12.0. The smallest absolute Gasteiger partial charge is 0.410 e. The second-order valence-electron chi connectivity index (χ2n) is 6.34. The number of amides is 1. The Kier molecular flexibility index (Phi) is 3.84. The molecule has 2 atom stereocenters. The van der Waals surface area contributed by atoms with Crippen LogP contribution in [0, 0.1) is 5.41 Å². The van der Waals surface area contributed by atoms with Crippen LogP contribution in [-0.2, 0) is 9.53 Å². The van der Waals surface area contributed by atoms with Gasteiger partial charge in [-0.15, -0.1) is 0 Å². The van der Waals surface area contributed by atoms with E-state index in [1.807, 2.05) is 34.6 Å². The summed E-state index contributed by atoms with van der Waals surface area (Å²) < 4.78 is 5.36. The van der Waals surface area contributed by atoms with Crippen molar-refractivity contribution in [2.75, 3.05) is 6.54 Å². The summed E-state index contributed by atoms with van der Waals surface area (Å²) in [6, 6.07) is 0.134. The highest BCUT2D eigenvalue weighted by Crippen LogP contribution is 2.37. The van der Waals surface area contributed by atoms with Crippen LogP contribution in [0.1, 0.15) is 47.5 Å². The van der Waals surface area contributed by atoms with E-state index in [0.717, 1.165) is 12.7 Å². The molecule has 17 heavy (non-hydrogen) atoms. The van der Waals surface area contributed by atoms with Gasteiger partial charge in [0.05, 0.1) is 0 Å². The van der Waals surface area contributed by atoms with E-state index in [2.05, 4.69) is 0 Å². The van der Waals surface area contributed by atoms with Crippen molar-refractivity contribution in [3.05, 3.63) is 0 Å². The second kappa shape index (κ2) is 4.67. The van der Waals surface area contributed by atoms with E-state index < -0.39 is 5.60 Å². The van der Waals surface area contributed by atoms with Crippen LogP contribution >= 0.6 is 0 Å². The number of rotatable bonds is 2. The number of aldehydes is 1. The molecule has 0 N–H and O–H groups in total. The monoisotopic (exact) mass is 241 g/mol. The van der Waals surface area contributed by atoms with Gasteiger partial charge in [0.25, 0.3) is 0 Å². The SMILES string of the molecule is CC1CC(C)(CC=O)CN1C(=O)OC(C)(C)C. The molecule has 0 aliphatic carbocycles. The normalized spacial score (nSPS) is 29.2. The van der Waals surface area contributed by atoms with Gasteiger partial charge in [-0.25, -0.2) is 4.79 Å². The van der Waals surface area contributed by atoms with Crippen LogP contribution in [0.2, 0.25) is 0 Å². The fourth-order valence-corrected chi connectivity index (χ4v) is 2.37. The molecule has 1 saturated heterocycles. The molecule has 0 aromatic carbocycles. The standard InChI is InChI=1S/C13H23NO3/c1-10-8-13(5,6-7-15)9-14(10)11(16)17-12(2,3)4/h7,10H,6,8-9H2,1-5H3. The van der Waals surface area contributed by atoms with Crippen molar-refractivity contribution in [2.24, 2.45) is 5.41 Å². The molecule has 4 heteroatoms. The molecule has 1 aliphatic heterocycles. The fourth-order valence-electron chi connectivity index (χ4n) is 2.37. The number of hydrogen-bond donors (Lipinski definition) is 0. The van der Waals surface area contributed by atoms with Crippen LogP contribution < -0.4 is 0 Å². The van der Waals surface area contributed by atoms with Gasteiger partial charge in [0, 0.05) is 19.0 Å². The van der Waals surface area contributed by atoms with Crippen molar-refractivity contribution in [1.82, 2.24) is 4.90 Å². The van der Waals surface area contributed by atoms with Crippen LogP contribution in [0.4, 0.5) is 4.79 Å². The Morgan fingerprint density at radius 3 is 2.59 bits per heavy atom. The number of carbonyl (C=O) groups excluding carboxylic acids is 2. The number of hydrogen-bond acceptors (Lipinski definition) is 3. The van der Waals surface area contributed by atoms with E-state index in [-0.39, 0.29) is 17.6 Å². The van der Waals surface area contributed by atoms with Crippen LogP contribution in [-0.4, -0.2) is 35.5 Å². The van der Waals surface area contributed by atoms with Crippen molar-refractivity contribution < 1.29 is 14.3 Å². The van der Waals surface area contributed by atoms with Gasteiger partial charge >= 0.3 is 6.09 Å². The molecule has 0 saturated carbocycles. The summed E-state index contributed by atoms with van der Waals surface area (Å²) in [6.45, 7) is 10.2. The third kappa shape index (κ3) is 3.72. The summed E-state index contributed by atoms with van der Waals surface area (Å²) >= 11 is 0. The minimum atomic E-state index is -0.472. The van der Waals surface area contributed by atoms with Gasteiger partial charge in [0.2, 0.25) is 0 Å². The zero-order valence-electron chi connectivity index (χ0n) is 11.4. The van der Waals surface area contributed by atoms with Gasteiger partial charge in [0.1, 0.15) is 11.9 Å². The first kappa shape index (κ1) is 14.0. The maximum atomic E-state index is 12.0. The molecular weight excluding hydrogens is 218 g/mol. The topological polar surface area (TPSA) is 46.6 Å². The highest BCUT2D eigenvalue weighted by atomic mass is 16.6. The molecule has 0 aromatic heterocycles. The molecule has 0 aromatic rings. The summed E-state index contributed by atoms with van der Waals surface area (Å²) in [6.07, 6.45) is 2.01. The second-order valence-corrected chi connectivity index (χ2v) is 6.34. The van der Waals surface area contributed by atoms with Crippen LogP contribution in [0.15, 0.2) is 0 Å². The van der Waals surface area contributed by atoms with Crippen molar-refractivity contribution >= 4 is 12.4 Å². The average molecular weight is 241 g/mol. The Balaban J connectivity index is 2.67. The zero-order valence-corrected chi connectivity index (χ0v) is 11.4. The van der Waals surface area contributed by atoms with E-state index in [1.165, 1.54) is 0 Å². The molecule has 0 radical (unpaired) electrons. The summed E-state index contributed by atoms with van der Waals surface area (Å²) in [7, 11) is 0. The third-order valence-corrected chi connectivity index (χ3v) is 3.08. The first-order valence-corrected chi connectivity index (χ1v) is 6.10. The quantitative estimate of drug-likeness (QED) is 0.698. The fraction of sp³-hybridized carbons (Fsp3) is 0.846. The first-order valence-electron chi connectivity index (χ1n) is 6.10. The van der Waals surface area contributed by atoms with E-state index >= 15 is 0 Å². The van der Waals surface area contributed by atoms with Gasteiger partial charge in [0.15, 0.2) is 0 Å². The lowest BCUT2D eigenvalue weighted by atomic mass is 9.85. The van der Waals surface area contributed by atoms with Crippen molar-refractivity contribution in [2.45, 2.75) is 59.1 Å². The highest BCUT2D eigenvalue weighted by molar-refractivity contribution is 5.69. The lowest BCUT2D eigenvalue weighted by molar-refractivity contribution is -0.109. The molecular formula is C13H23NO3. The molecule has 0 spiro atoms. The molecule has 4 nitrogen and oxygen atoms in total. The lowest BCUT2D eigenvalue weighted by Gasteiger charge is -2.27. The zero-order chi connectivity index (χ0) is 13.3. The van der Waals surface area contributed by atoms with Crippen molar-refractivity contribution in [1.29, 1.82) is 0 Å². The van der Waals surface area contributed by atoms with E-state index in [1.54, 1.807) is 4.90 Å². The predicted octanol–water partition coefficient (Wildman–Crippen LogP) is 2.61. The minimum absolute atomic E-state index is 0.0991. The van der Waals surface area contributed by atoms with E-state index in [0.29, 0.717) is 13.0 Å². The summed E-state index contributed by atoms with van der Waals surface area (Å²) in [5.41, 5.74) is -0.571. The van der Waals surface area contributed by atoms with Crippen LogP contribution in [0.5, 0.6) is 0 Å². The lowest BCUT2D eigenvalue weighted by Crippen LogP contribution is -2.39.